The minimum atomic E-state index is -0.110. The molecule has 0 bridgehead atoms. The van der Waals surface area contributed by atoms with Gasteiger partial charge in [0.05, 0.1) is 11.6 Å². The van der Waals surface area contributed by atoms with Crippen LogP contribution in [0.4, 0.5) is 5.82 Å². The van der Waals surface area contributed by atoms with E-state index in [1.54, 1.807) is 0 Å². The summed E-state index contributed by atoms with van der Waals surface area (Å²) < 4.78 is 0. The summed E-state index contributed by atoms with van der Waals surface area (Å²) in [6.07, 6.45) is 4.11. The van der Waals surface area contributed by atoms with E-state index < -0.39 is 0 Å². The van der Waals surface area contributed by atoms with Gasteiger partial charge in [0, 0.05) is 11.9 Å². The fourth-order valence-electron chi connectivity index (χ4n) is 3.09. The molecule has 0 aliphatic heterocycles. The second kappa shape index (κ2) is 5.80. The lowest BCUT2D eigenvalue weighted by molar-refractivity contribution is 0.104. The summed E-state index contributed by atoms with van der Waals surface area (Å²) in [4.78, 5) is 4.70. The smallest absolute Gasteiger partial charge is 0.129 e. The van der Waals surface area contributed by atoms with Crippen molar-refractivity contribution in [2.75, 3.05) is 11.9 Å². The molecule has 1 aliphatic rings. The highest BCUT2D eigenvalue weighted by molar-refractivity contribution is 5.81. The Morgan fingerprint density at radius 1 is 1.30 bits per heavy atom. The third kappa shape index (κ3) is 2.93. The van der Waals surface area contributed by atoms with Crippen molar-refractivity contribution in [3.8, 4) is 0 Å². The molecular formula is C17H22N2O. The highest BCUT2D eigenvalue weighted by Crippen LogP contribution is 2.25. The molecule has 0 amide bonds. The number of aromatic nitrogens is 1. The lowest BCUT2D eigenvalue weighted by Crippen LogP contribution is -2.25. The Labute approximate surface area is 120 Å². The van der Waals surface area contributed by atoms with E-state index in [1.807, 2.05) is 18.2 Å². The summed E-state index contributed by atoms with van der Waals surface area (Å²) in [5, 5.41) is 14.4. The summed E-state index contributed by atoms with van der Waals surface area (Å²) in [5.74, 6) is 1.54. The zero-order valence-corrected chi connectivity index (χ0v) is 12.0. The van der Waals surface area contributed by atoms with Crippen LogP contribution in [0.15, 0.2) is 30.3 Å². The third-order valence-corrected chi connectivity index (χ3v) is 4.23. The first-order valence-electron chi connectivity index (χ1n) is 7.50. The predicted octanol–water partition coefficient (Wildman–Crippen LogP) is 3.51. The van der Waals surface area contributed by atoms with Crippen LogP contribution in [0, 0.1) is 12.8 Å². The third-order valence-electron chi connectivity index (χ3n) is 4.23. The van der Waals surface area contributed by atoms with Crippen LogP contribution in [0.5, 0.6) is 0 Å². The van der Waals surface area contributed by atoms with Crippen LogP contribution in [-0.4, -0.2) is 22.7 Å². The first-order valence-corrected chi connectivity index (χ1v) is 7.50. The van der Waals surface area contributed by atoms with Crippen molar-refractivity contribution in [2.24, 2.45) is 5.92 Å². The number of para-hydroxylation sites is 1. The Balaban J connectivity index is 1.72. The summed E-state index contributed by atoms with van der Waals surface area (Å²) in [6.45, 7) is 3.00. The molecule has 3 nitrogen and oxygen atoms in total. The van der Waals surface area contributed by atoms with Crippen molar-refractivity contribution in [1.29, 1.82) is 0 Å². The van der Waals surface area contributed by atoms with E-state index >= 15 is 0 Å². The first-order chi connectivity index (χ1) is 9.72. The highest BCUT2D eigenvalue weighted by atomic mass is 16.3. The van der Waals surface area contributed by atoms with Crippen LogP contribution in [0.1, 0.15) is 31.2 Å². The Bertz CT molecular complexity index is 597. The van der Waals surface area contributed by atoms with Crippen molar-refractivity contribution in [3.63, 3.8) is 0 Å². The van der Waals surface area contributed by atoms with Crippen LogP contribution < -0.4 is 5.32 Å². The van der Waals surface area contributed by atoms with Crippen molar-refractivity contribution in [1.82, 2.24) is 4.98 Å². The Morgan fingerprint density at radius 2 is 2.15 bits per heavy atom. The molecule has 1 aromatic carbocycles. The zero-order chi connectivity index (χ0) is 13.9. The molecule has 2 aromatic rings. The molecule has 2 N–H and O–H groups in total. The van der Waals surface area contributed by atoms with E-state index in [1.165, 1.54) is 17.4 Å². The normalized spacial score (nSPS) is 22.9. The summed E-state index contributed by atoms with van der Waals surface area (Å²) in [7, 11) is 0. The summed E-state index contributed by atoms with van der Waals surface area (Å²) in [5.41, 5.74) is 2.21. The van der Waals surface area contributed by atoms with Gasteiger partial charge in [0.15, 0.2) is 0 Å². The molecule has 1 heterocycles. The topological polar surface area (TPSA) is 45.2 Å². The van der Waals surface area contributed by atoms with E-state index in [0.29, 0.717) is 5.92 Å². The number of fused-ring (bicyclic) bond motifs is 1. The van der Waals surface area contributed by atoms with Gasteiger partial charge in [-0.3, -0.25) is 0 Å². The zero-order valence-electron chi connectivity index (χ0n) is 12.0. The molecule has 2 atom stereocenters. The average Bonchev–Trinajstić information content (AvgIpc) is 2.45. The fourth-order valence-corrected chi connectivity index (χ4v) is 3.09. The predicted molar refractivity (Wildman–Crippen MR) is 82.9 cm³/mol. The summed E-state index contributed by atoms with van der Waals surface area (Å²) >= 11 is 0. The van der Waals surface area contributed by atoms with Gasteiger partial charge in [0.25, 0.3) is 0 Å². The summed E-state index contributed by atoms with van der Waals surface area (Å²) in [6, 6.07) is 10.4. The molecule has 1 fully saturated rings. The van der Waals surface area contributed by atoms with Crippen molar-refractivity contribution < 1.29 is 5.11 Å². The quantitative estimate of drug-likeness (QED) is 0.897. The number of rotatable bonds is 3. The minimum Gasteiger partial charge on any atom is -0.393 e. The number of hydrogen-bond acceptors (Lipinski definition) is 3. The number of anilines is 1. The number of pyridine rings is 1. The van der Waals surface area contributed by atoms with Crippen LogP contribution in [-0.2, 0) is 0 Å². The SMILES string of the molecule is Cc1cc2ccccc2nc1NCC1CCCC(O)C1. The van der Waals surface area contributed by atoms with Gasteiger partial charge in [0.1, 0.15) is 5.82 Å². The number of hydrogen-bond donors (Lipinski definition) is 2. The molecule has 106 valence electrons. The molecule has 0 saturated heterocycles. The van der Waals surface area contributed by atoms with E-state index in [-0.39, 0.29) is 6.10 Å². The van der Waals surface area contributed by atoms with Crippen LogP contribution in [0.2, 0.25) is 0 Å². The van der Waals surface area contributed by atoms with Crippen LogP contribution >= 0.6 is 0 Å². The molecule has 2 unspecified atom stereocenters. The number of aryl methyl sites for hydroxylation is 1. The van der Waals surface area contributed by atoms with Gasteiger partial charge >= 0.3 is 0 Å². The Kier molecular flexibility index (Phi) is 3.88. The molecule has 3 rings (SSSR count). The van der Waals surface area contributed by atoms with Crippen molar-refractivity contribution >= 4 is 16.7 Å². The molecule has 1 saturated carbocycles. The lowest BCUT2D eigenvalue weighted by Gasteiger charge is -2.26. The number of aliphatic hydroxyl groups excluding tert-OH is 1. The van der Waals surface area contributed by atoms with Gasteiger partial charge < -0.3 is 10.4 Å². The molecule has 20 heavy (non-hydrogen) atoms. The van der Waals surface area contributed by atoms with Gasteiger partial charge in [0.2, 0.25) is 0 Å². The molecule has 1 aliphatic carbocycles. The monoisotopic (exact) mass is 270 g/mol. The van der Waals surface area contributed by atoms with Gasteiger partial charge in [-0.05, 0) is 49.8 Å². The van der Waals surface area contributed by atoms with Crippen LogP contribution in [0.3, 0.4) is 0 Å². The molecule has 3 heteroatoms. The average molecular weight is 270 g/mol. The van der Waals surface area contributed by atoms with Crippen molar-refractivity contribution in [2.45, 2.75) is 38.7 Å². The van der Waals surface area contributed by atoms with E-state index in [9.17, 15) is 5.11 Å². The number of nitrogens with zero attached hydrogens (tertiary/aromatic N) is 1. The van der Waals surface area contributed by atoms with Gasteiger partial charge in [-0.15, -0.1) is 0 Å². The van der Waals surface area contributed by atoms with Gasteiger partial charge in [-0.1, -0.05) is 24.6 Å². The van der Waals surface area contributed by atoms with Crippen molar-refractivity contribution in [3.05, 3.63) is 35.9 Å². The maximum atomic E-state index is 9.73. The molecule has 1 aromatic heterocycles. The maximum Gasteiger partial charge on any atom is 0.129 e. The maximum absolute atomic E-state index is 9.73. The lowest BCUT2D eigenvalue weighted by atomic mass is 9.87. The number of benzene rings is 1. The fraction of sp³-hybridized carbons (Fsp3) is 0.471. The minimum absolute atomic E-state index is 0.110. The van der Waals surface area contributed by atoms with E-state index in [4.69, 9.17) is 4.98 Å². The Morgan fingerprint density at radius 3 is 3.00 bits per heavy atom. The second-order valence-corrected chi connectivity index (χ2v) is 5.91. The van der Waals surface area contributed by atoms with Gasteiger partial charge in [-0.25, -0.2) is 4.98 Å². The largest absolute Gasteiger partial charge is 0.393 e. The number of aliphatic hydroxyl groups is 1. The van der Waals surface area contributed by atoms with Crippen LogP contribution in [0.25, 0.3) is 10.9 Å². The molecule has 0 radical (unpaired) electrons. The Hall–Kier alpha value is -1.61. The van der Waals surface area contributed by atoms with E-state index in [0.717, 1.165) is 37.1 Å². The highest BCUT2D eigenvalue weighted by Gasteiger charge is 2.20. The molecular weight excluding hydrogens is 248 g/mol. The molecule has 0 spiro atoms. The van der Waals surface area contributed by atoms with E-state index in [2.05, 4.69) is 24.4 Å². The standard InChI is InChI=1S/C17H22N2O/c1-12-9-14-6-2-3-8-16(14)19-17(12)18-11-13-5-4-7-15(20)10-13/h2-3,6,8-9,13,15,20H,4-5,7,10-11H2,1H3,(H,18,19). The second-order valence-electron chi connectivity index (χ2n) is 5.91. The van der Waals surface area contributed by atoms with Gasteiger partial charge in [-0.2, -0.15) is 0 Å². The number of nitrogens with one attached hydrogen (secondary N) is 1. The first kappa shape index (κ1) is 13.4.